The average Bonchev–Trinajstić information content (AvgIpc) is 3.01. The molecule has 0 fully saturated rings. The predicted molar refractivity (Wildman–Crippen MR) is 106 cm³/mol. The minimum Gasteiger partial charge on any atom is -0.337 e. The van der Waals surface area contributed by atoms with Crippen LogP contribution in [0.2, 0.25) is 5.02 Å². The summed E-state index contributed by atoms with van der Waals surface area (Å²) in [6.45, 7) is 2.21. The molecule has 2 nitrogen and oxygen atoms in total. The molecule has 0 saturated carbocycles. The van der Waals surface area contributed by atoms with E-state index in [1.807, 2.05) is 36.4 Å². The summed E-state index contributed by atoms with van der Waals surface area (Å²) >= 11 is 6.05. The normalized spacial score (nSPS) is 19.8. The number of para-hydroxylation sites is 1. The fourth-order valence-electron chi connectivity index (χ4n) is 3.41. The van der Waals surface area contributed by atoms with Gasteiger partial charge in [0.2, 0.25) is 0 Å². The van der Waals surface area contributed by atoms with E-state index in [9.17, 15) is 0 Å². The van der Waals surface area contributed by atoms with Crippen LogP contribution in [0.25, 0.3) is 0 Å². The standard InChI is InChI=1S/C22H19ClN2/c1-16-21(17-12-14-19(23)15-13-17)24-22(18-8-4-2-5-9-18)25(16)20-10-6-3-7-11-20/h2-16,22H,1H3. The van der Waals surface area contributed by atoms with Crippen molar-refractivity contribution < 1.29 is 0 Å². The van der Waals surface area contributed by atoms with E-state index in [0.29, 0.717) is 0 Å². The van der Waals surface area contributed by atoms with Gasteiger partial charge in [-0.2, -0.15) is 0 Å². The molecule has 25 heavy (non-hydrogen) atoms. The fraction of sp³-hybridized carbons (Fsp3) is 0.136. The Morgan fingerprint density at radius 3 is 2.04 bits per heavy atom. The van der Waals surface area contributed by atoms with Crippen LogP contribution in [0, 0.1) is 0 Å². The van der Waals surface area contributed by atoms with Gasteiger partial charge in [0.15, 0.2) is 0 Å². The van der Waals surface area contributed by atoms with Gasteiger partial charge in [-0.05, 0) is 42.3 Å². The van der Waals surface area contributed by atoms with Crippen LogP contribution in [0.4, 0.5) is 5.69 Å². The van der Waals surface area contributed by atoms with Crippen molar-refractivity contribution in [2.45, 2.75) is 19.1 Å². The molecule has 3 aromatic carbocycles. The Bertz CT molecular complexity index is 873. The summed E-state index contributed by atoms with van der Waals surface area (Å²) in [4.78, 5) is 7.47. The predicted octanol–water partition coefficient (Wildman–Crippen LogP) is 5.74. The second-order valence-electron chi connectivity index (χ2n) is 6.22. The van der Waals surface area contributed by atoms with Crippen molar-refractivity contribution >= 4 is 23.0 Å². The Kier molecular flexibility index (Phi) is 4.29. The summed E-state index contributed by atoms with van der Waals surface area (Å²) in [7, 11) is 0. The van der Waals surface area contributed by atoms with Gasteiger partial charge in [0.1, 0.15) is 6.17 Å². The summed E-state index contributed by atoms with van der Waals surface area (Å²) in [6.07, 6.45) is -0.0238. The highest BCUT2D eigenvalue weighted by Gasteiger charge is 2.34. The van der Waals surface area contributed by atoms with Gasteiger partial charge in [0, 0.05) is 10.7 Å². The van der Waals surface area contributed by atoms with Gasteiger partial charge in [-0.25, -0.2) is 0 Å². The van der Waals surface area contributed by atoms with Crippen molar-refractivity contribution in [3.63, 3.8) is 0 Å². The van der Waals surface area contributed by atoms with E-state index in [2.05, 4.69) is 60.4 Å². The monoisotopic (exact) mass is 346 g/mol. The van der Waals surface area contributed by atoms with E-state index in [-0.39, 0.29) is 12.2 Å². The summed E-state index contributed by atoms with van der Waals surface area (Å²) in [5, 5.41) is 0.745. The number of halogens is 1. The van der Waals surface area contributed by atoms with Gasteiger partial charge in [-0.15, -0.1) is 0 Å². The maximum Gasteiger partial charge on any atom is 0.148 e. The van der Waals surface area contributed by atoms with Gasteiger partial charge in [-0.1, -0.05) is 72.3 Å². The summed E-state index contributed by atoms with van der Waals surface area (Å²) in [5.74, 6) is 0. The molecular formula is C22H19ClN2. The summed E-state index contributed by atoms with van der Waals surface area (Å²) in [5.41, 5.74) is 4.59. The molecule has 0 aromatic heterocycles. The van der Waals surface area contributed by atoms with E-state index in [0.717, 1.165) is 16.3 Å². The van der Waals surface area contributed by atoms with E-state index >= 15 is 0 Å². The molecule has 1 heterocycles. The molecule has 0 N–H and O–H groups in total. The van der Waals surface area contributed by atoms with Crippen LogP contribution in [0.3, 0.4) is 0 Å². The lowest BCUT2D eigenvalue weighted by Gasteiger charge is -2.30. The molecule has 0 amide bonds. The largest absolute Gasteiger partial charge is 0.337 e. The zero-order chi connectivity index (χ0) is 17.2. The first-order valence-electron chi connectivity index (χ1n) is 8.46. The fourth-order valence-corrected chi connectivity index (χ4v) is 3.53. The lowest BCUT2D eigenvalue weighted by atomic mass is 10.0. The molecule has 0 aliphatic carbocycles. The van der Waals surface area contributed by atoms with Crippen molar-refractivity contribution in [1.82, 2.24) is 0 Å². The molecule has 3 heteroatoms. The van der Waals surface area contributed by atoms with E-state index in [4.69, 9.17) is 16.6 Å². The van der Waals surface area contributed by atoms with Gasteiger partial charge >= 0.3 is 0 Å². The van der Waals surface area contributed by atoms with E-state index in [1.54, 1.807) is 0 Å². The van der Waals surface area contributed by atoms with Crippen LogP contribution in [-0.2, 0) is 0 Å². The lowest BCUT2D eigenvalue weighted by molar-refractivity contribution is 0.675. The molecule has 0 spiro atoms. The number of aliphatic imine (C=N–C) groups is 1. The zero-order valence-corrected chi connectivity index (χ0v) is 14.8. The van der Waals surface area contributed by atoms with Crippen LogP contribution in [0.1, 0.15) is 24.2 Å². The first-order chi connectivity index (χ1) is 12.2. The van der Waals surface area contributed by atoms with Crippen LogP contribution >= 0.6 is 11.6 Å². The molecule has 1 aliphatic rings. The minimum atomic E-state index is -0.0238. The maximum absolute atomic E-state index is 6.05. The molecule has 0 bridgehead atoms. The van der Waals surface area contributed by atoms with E-state index < -0.39 is 0 Å². The smallest absolute Gasteiger partial charge is 0.148 e. The molecular weight excluding hydrogens is 328 g/mol. The van der Waals surface area contributed by atoms with Crippen molar-refractivity contribution in [3.05, 3.63) is 101 Å². The number of hydrogen-bond donors (Lipinski definition) is 0. The number of benzene rings is 3. The van der Waals surface area contributed by atoms with Crippen molar-refractivity contribution in [1.29, 1.82) is 0 Å². The lowest BCUT2D eigenvalue weighted by Crippen LogP contribution is -2.34. The quantitative estimate of drug-likeness (QED) is 0.590. The Hall–Kier alpha value is -2.58. The van der Waals surface area contributed by atoms with Crippen LogP contribution in [0.15, 0.2) is 89.9 Å². The minimum absolute atomic E-state index is 0.0238. The molecule has 4 rings (SSSR count). The van der Waals surface area contributed by atoms with Crippen molar-refractivity contribution in [2.75, 3.05) is 4.90 Å². The summed E-state index contributed by atoms with van der Waals surface area (Å²) in [6, 6.07) is 29.1. The Balaban J connectivity index is 1.80. The highest BCUT2D eigenvalue weighted by Crippen LogP contribution is 2.37. The third-order valence-corrected chi connectivity index (χ3v) is 4.88. The molecule has 2 atom stereocenters. The van der Waals surface area contributed by atoms with Crippen molar-refractivity contribution in [2.24, 2.45) is 4.99 Å². The number of nitrogens with zero attached hydrogens (tertiary/aromatic N) is 2. The maximum atomic E-state index is 6.05. The molecule has 0 radical (unpaired) electrons. The molecule has 124 valence electrons. The third-order valence-electron chi connectivity index (χ3n) is 4.63. The molecule has 0 saturated heterocycles. The zero-order valence-electron chi connectivity index (χ0n) is 14.0. The van der Waals surface area contributed by atoms with Crippen LogP contribution in [0.5, 0.6) is 0 Å². The first-order valence-corrected chi connectivity index (χ1v) is 8.84. The Morgan fingerprint density at radius 1 is 0.800 bits per heavy atom. The average molecular weight is 347 g/mol. The van der Waals surface area contributed by atoms with Gasteiger partial charge in [0.25, 0.3) is 0 Å². The summed E-state index contributed by atoms with van der Waals surface area (Å²) < 4.78 is 0. The molecule has 3 aromatic rings. The van der Waals surface area contributed by atoms with E-state index in [1.165, 1.54) is 11.3 Å². The highest BCUT2D eigenvalue weighted by molar-refractivity contribution is 6.30. The number of rotatable bonds is 3. The SMILES string of the molecule is CC1C(c2ccc(Cl)cc2)=NC(c2ccccc2)N1c1ccccc1. The number of hydrogen-bond acceptors (Lipinski definition) is 2. The van der Waals surface area contributed by atoms with Gasteiger partial charge < -0.3 is 4.90 Å². The molecule has 1 aliphatic heterocycles. The first kappa shape index (κ1) is 15.9. The third kappa shape index (κ3) is 3.06. The van der Waals surface area contributed by atoms with Crippen LogP contribution in [-0.4, -0.2) is 11.8 Å². The second kappa shape index (κ2) is 6.73. The topological polar surface area (TPSA) is 15.6 Å². The van der Waals surface area contributed by atoms with Crippen LogP contribution < -0.4 is 4.90 Å². The number of anilines is 1. The second-order valence-corrected chi connectivity index (χ2v) is 6.66. The molecule has 2 unspecified atom stereocenters. The Labute approximate surface area is 153 Å². The van der Waals surface area contributed by atoms with Gasteiger partial charge in [0.05, 0.1) is 11.8 Å². The van der Waals surface area contributed by atoms with Crippen molar-refractivity contribution in [3.8, 4) is 0 Å². The highest BCUT2D eigenvalue weighted by atomic mass is 35.5. The Morgan fingerprint density at radius 2 is 1.40 bits per heavy atom. The van der Waals surface area contributed by atoms with Gasteiger partial charge in [-0.3, -0.25) is 4.99 Å².